The van der Waals surface area contributed by atoms with Crippen molar-refractivity contribution < 1.29 is 4.79 Å². The minimum absolute atomic E-state index is 0.136. The van der Waals surface area contributed by atoms with E-state index in [9.17, 15) is 4.79 Å². The number of halogens is 2. The Morgan fingerprint density at radius 2 is 2.00 bits per heavy atom. The van der Waals surface area contributed by atoms with Crippen LogP contribution in [0.5, 0.6) is 0 Å². The number of nitrogens with one attached hydrogen (secondary N) is 1. The largest absolute Gasteiger partial charge is 0.353 e. The van der Waals surface area contributed by atoms with Crippen molar-refractivity contribution in [3.05, 3.63) is 33.8 Å². The highest BCUT2D eigenvalue weighted by Gasteiger charge is 2.16. The topological polar surface area (TPSA) is 29.1 Å². The molecule has 1 N–H and O–H groups in total. The zero-order chi connectivity index (χ0) is 13.7. The van der Waals surface area contributed by atoms with Crippen molar-refractivity contribution in [2.24, 2.45) is 0 Å². The first-order chi connectivity index (χ1) is 9.15. The predicted octanol–water partition coefficient (Wildman–Crippen LogP) is 4.29. The van der Waals surface area contributed by atoms with Gasteiger partial charge in [0.05, 0.1) is 15.8 Å². The molecule has 1 fully saturated rings. The SMILES string of the molecule is O=C(CSCc1ccc(Cl)c(Cl)c1)NC1CCCC1. The molecule has 1 saturated carbocycles. The summed E-state index contributed by atoms with van der Waals surface area (Å²) in [6, 6.07) is 5.98. The van der Waals surface area contributed by atoms with E-state index in [1.165, 1.54) is 12.8 Å². The molecule has 2 rings (SSSR count). The molecule has 0 radical (unpaired) electrons. The number of carbonyl (C=O) groups is 1. The van der Waals surface area contributed by atoms with Crippen LogP contribution < -0.4 is 5.32 Å². The van der Waals surface area contributed by atoms with Gasteiger partial charge in [0.15, 0.2) is 0 Å². The van der Waals surface area contributed by atoms with E-state index in [4.69, 9.17) is 23.2 Å². The Bertz CT molecular complexity index is 447. The van der Waals surface area contributed by atoms with Gasteiger partial charge in [-0.15, -0.1) is 11.8 Å². The van der Waals surface area contributed by atoms with Crippen molar-refractivity contribution >= 4 is 40.9 Å². The predicted molar refractivity (Wildman–Crippen MR) is 83.0 cm³/mol. The summed E-state index contributed by atoms with van der Waals surface area (Å²) in [7, 11) is 0. The molecule has 0 atom stereocenters. The molecule has 0 unspecified atom stereocenters. The smallest absolute Gasteiger partial charge is 0.230 e. The van der Waals surface area contributed by atoms with E-state index >= 15 is 0 Å². The summed E-state index contributed by atoms with van der Waals surface area (Å²) in [5.74, 6) is 1.41. The third kappa shape index (κ3) is 4.90. The summed E-state index contributed by atoms with van der Waals surface area (Å²) in [5, 5.41) is 4.21. The molecule has 1 aromatic carbocycles. The highest BCUT2D eigenvalue weighted by Crippen LogP contribution is 2.24. The van der Waals surface area contributed by atoms with Crippen LogP contribution in [-0.4, -0.2) is 17.7 Å². The zero-order valence-electron chi connectivity index (χ0n) is 10.6. The van der Waals surface area contributed by atoms with Crippen LogP contribution in [0.3, 0.4) is 0 Å². The number of rotatable bonds is 5. The van der Waals surface area contributed by atoms with Crippen LogP contribution in [0, 0.1) is 0 Å². The van der Waals surface area contributed by atoms with Crippen molar-refractivity contribution in [1.82, 2.24) is 5.32 Å². The van der Waals surface area contributed by atoms with Crippen molar-refractivity contribution in [3.8, 4) is 0 Å². The fourth-order valence-electron chi connectivity index (χ4n) is 2.23. The summed E-state index contributed by atoms with van der Waals surface area (Å²) in [5.41, 5.74) is 1.09. The van der Waals surface area contributed by atoms with Crippen molar-refractivity contribution in [1.29, 1.82) is 0 Å². The van der Waals surface area contributed by atoms with Crippen LogP contribution in [-0.2, 0) is 10.5 Å². The first-order valence-electron chi connectivity index (χ1n) is 6.46. The lowest BCUT2D eigenvalue weighted by Crippen LogP contribution is -2.33. The van der Waals surface area contributed by atoms with Crippen molar-refractivity contribution in [2.75, 3.05) is 5.75 Å². The van der Waals surface area contributed by atoms with Crippen LogP contribution >= 0.6 is 35.0 Å². The molecule has 1 amide bonds. The molecule has 2 nitrogen and oxygen atoms in total. The highest BCUT2D eigenvalue weighted by atomic mass is 35.5. The number of hydrogen-bond acceptors (Lipinski definition) is 2. The van der Waals surface area contributed by atoms with E-state index in [0.717, 1.165) is 24.2 Å². The Balaban J connectivity index is 1.70. The molecule has 104 valence electrons. The van der Waals surface area contributed by atoms with E-state index in [2.05, 4.69) is 5.32 Å². The first-order valence-corrected chi connectivity index (χ1v) is 8.37. The van der Waals surface area contributed by atoms with Gasteiger partial charge in [-0.1, -0.05) is 42.1 Å². The maximum atomic E-state index is 11.7. The molecule has 1 aliphatic carbocycles. The van der Waals surface area contributed by atoms with Gasteiger partial charge in [0.2, 0.25) is 5.91 Å². The summed E-state index contributed by atoms with van der Waals surface area (Å²) < 4.78 is 0. The van der Waals surface area contributed by atoms with Gasteiger partial charge in [0, 0.05) is 11.8 Å². The van der Waals surface area contributed by atoms with Gasteiger partial charge in [-0.2, -0.15) is 0 Å². The van der Waals surface area contributed by atoms with Crippen LogP contribution in [0.1, 0.15) is 31.2 Å². The van der Waals surface area contributed by atoms with Crippen molar-refractivity contribution in [3.63, 3.8) is 0 Å². The van der Waals surface area contributed by atoms with Gasteiger partial charge < -0.3 is 5.32 Å². The Kier molecular flexibility index (Phi) is 5.86. The molecule has 0 aliphatic heterocycles. The molecule has 0 saturated heterocycles. The zero-order valence-corrected chi connectivity index (χ0v) is 13.0. The molecule has 1 aliphatic rings. The molecule has 1 aromatic rings. The fourth-order valence-corrected chi connectivity index (χ4v) is 3.34. The van der Waals surface area contributed by atoms with E-state index in [1.807, 2.05) is 12.1 Å². The Labute approximate surface area is 128 Å². The van der Waals surface area contributed by atoms with E-state index in [0.29, 0.717) is 21.8 Å². The summed E-state index contributed by atoms with van der Waals surface area (Å²) >= 11 is 13.4. The average molecular weight is 318 g/mol. The fraction of sp³-hybridized carbons (Fsp3) is 0.500. The Morgan fingerprint density at radius 3 is 2.68 bits per heavy atom. The monoisotopic (exact) mass is 317 g/mol. The standard InChI is InChI=1S/C14H17Cl2NOS/c15-12-6-5-10(7-13(12)16)8-19-9-14(18)17-11-3-1-2-4-11/h5-7,11H,1-4,8-9H2,(H,17,18). The van der Waals surface area contributed by atoms with Gasteiger partial charge in [-0.3, -0.25) is 4.79 Å². The third-order valence-electron chi connectivity index (χ3n) is 3.21. The van der Waals surface area contributed by atoms with Crippen LogP contribution in [0.4, 0.5) is 0 Å². The number of hydrogen-bond donors (Lipinski definition) is 1. The normalized spacial score (nSPS) is 15.7. The maximum Gasteiger partial charge on any atom is 0.230 e. The van der Waals surface area contributed by atoms with Crippen LogP contribution in [0.15, 0.2) is 18.2 Å². The lowest BCUT2D eigenvalue weighted by Gasteiger charge is -2.11. The van der Waals surface area contributed by atoms with E-state index in [1.54, 1.807) is 17.8 Å². The quantitative estimate of drug-likeness (QED) is 0.878. The molecule has 0 spiro atoms. The molecule has 19 heavy (non-hydrogen) atoms. The summed E-state index contributed by atoms with van der Waals surface area (Å²) in [6.07, 6.45) is 4.73. The first kappa shape index (κ1) is 15.0. The molecule has 5 heteroatoms. The molecule has 0 aromatic heterocycles. The number of amides is 1. The van der Waals surface area contributed by atoms with Gasteiger partial charge >= 0.3 is 0 Å². The minimum atomic E-state index is 0.136. The second-order valence-electron chi connectivity index (χ2n) is 4.79. The molecule has 0 heterocycles. The second-order valence-corrected chi connectivity index (χ2v) is 6.59. The molecular formula is C14H17Cl2NOS. The molecular weight excluding hydrogens is 301 g/mol. The number of carbonyl (C=O) groups excluding carboxylic acids is 1. The van der Waals surface area contributed by atoms with Crippen LogP contribution in [0.2, 0.25) is 10.0 Å². The van der Waals surface area contributed by atoms with Crippen molar-refractivity contribution in [2.45, 2.75) is 37.5 Å². The van der Waals surface area contributed by atoms with Gasteiger partial charge in [0.25, 0.3) is 0 Å². The van der Waals surface area contributed by atoms with Gasteiger partial charge in [-0.25, -0.2) is 0 Å². The number of thioether (sulfide) groups is 1. The lowest BCUT2D eigenvalue weighted by atomic mass is 10.2. The maximum absolute atomic E-state index is 11.7. The van der Waals surface area contributed by atoms with Gasteiger partial charge in [-0.05, 0) is 30.5 Å². The third-order valence-corrected chi connectivity index (χ3v) is 4.95. The van der Waals surface area contributed by atoms with Crippen LogP contribution in [0.25, 0.3) is 0 Å². The van der Waals surface area contributed by atoms with E-state index in [-0.39, 0.29) is 5.91 Å². The van der Waals surface area contributed by atoms with Gasteiger partial charge in [0.1, 0.15) is 0 Å². The molecule has 0 bridgehead atoms. The highest BCUT2D eigenvalue weighted by molar-refractivity contribution is 7.99. The number of benzene rings is 1. The lowest BCUT2D eigenvalue weighted by molar-refractivity contribution is -0.119. The Hall–Kier alpha value is -0.380. The second kappa shape index (κ2) is 7.41. The van der Waals surface area contributed by atoms with E-state index < -0.39 is 0 Å². The minimum Gasteiger partial charge on any atom is -0.353 e. The summed E-state index contributed by atoms with van der Waals surface area (Å²) in [4.78, 5) is 11.7. The Morgan fingerprint density at radius 1 is 1.26 bits per heavy atom. The summed E-state index contributed by atoms with van der Waals surface area (Å²) in [6.45, 7) is 0. The average Bonchev–Trinajstić information content (AvgIpc) is 2.86.